The number of amides is 1. The number of aromatic nitrogens is 2. The number of carboxylic acids is 1. The minimum Gasteiger partial charge on any atom is -0.478 e. The number of hydrogen-bond acceptors (Lipinski definition) is 4. The summed E-state index contributed by atoms with van der Waals surface area (Å²) in [6.45, 7) is 6.40. The third-order valence-corrected chi connectivity index (χ3v) is 7.69. The van der Waals surface area contributed by atoms with E-state index in [4.69, 9.17) is 12.2 Å². The van der Waals surface area contributed by atoms with Gasteiger partial charge in [-0.1, -0.05) is 30.3 Å². The molecule has 204 valence electrons. The maximum absolute atomic E-state index is 13.0. The summed E-state index contributed by atoms with van der Waals surface area (Å²) in [6.07, 6.45) is 2.01. The molecule has 0 bridgehead atoms. The van der Waals surface area contributed by atoms with Crippen molar-refractivity contribution in [3.8, 4) is 5.69 Å². The second kappa shape index (κ2) is 11.3. The summed E-state index contributed by atoms with van der Waals surface area (Å²) in [7, 11) is 0. The van der Waals surface area contributed by atoms with E-state index in [9.17, 15) is 14.7 Å². The van der Waals surface area contributed by atoms with E-state index >= 15 is 0 Å². The number of carbonyl (C=O) groups excluding carboxylic acids is 1. The molecule has 4 aromatic rings. The number of anilines is 1. The van der Waals surface area contributed by atoms with Crippen molar-refractivity contribution in [1.29, 1.82) is 0 Å². The smallest absolute Gasteiger partial charge is 0.335 e. The number of pyridine rings is 1. The van der Waals surface area contributed by atoms with E-state index in [-0.39, 0.29) is 30.0 Å². The number of rotatable bonds is 8. The van der Waals surface area contributed by atoms with Crippen molar-refractivity contribution < 1.29 is 14.7 Å². The Bertz CT molecular complexity index is 1580. The van der Waals surface area contributed by atoms with Crippen molar-refractivity contribution in [2.75, 3.05) is 11.9 Å². The predicted molar refractivity (Wildman–Crippen MR) is 159 cm³/mol. The van der Waals surface area contributed by atoms with Crippen molar-refractivity contribution in [3.63, 3.8) is 0 Å². The third-order valence-electron chi connectivity index (χ3n) is 7.34. The average molecular weight is 554 g/mol. The summed E-state index contributed by atoms with van der Waals surface area (Å²) in [5, 5.41) is 16.5. The number of aromatic carboxylic acids is 1. The maximum atomic E-state index is 13.0. The van der Waals surface area contributed by atoms with E-state index in [0.29, 0.717) is 11.7 Å². The molecule has 9 heteroatoms. The number of hydrogen-bond donors (Lipinski definition) is 3. The average Bonchev–Trinajstić information content (AvgIpc) is 3.43. The Kier molecular flexibility index (Phi) is 7.66. The predicted octanol–water partition coefficient (Wildman–Crippen LogP) is 5.50. The van der Waals surface area contributed by atoms with Crippen LogP contribution in [0.2, 0.25) is 0 Å². The van der Waals surface area contributed by atoms with Crippen LogP contribution in [0.15, 0.2) is 79.0 Å². The molecule has 0 radical (unpaired) electrons. The molecule has 2 aromatic carbocycles. The topological polar surface area (TPSA) is 99.5 Å². The Morgan fingerprint density at radius 2 is 1.80 bits per heavy atom. The van der Waals surface area contributed by atoms with Gasteiger partial charge in [-0.05, 0) is 86.6 Å². The summed E-state index contributed by atoms with van der Waals surface area (Å²) in [4.78, 5) is 31.3. The Morgan fingerprint density at radius 3 is 2.52 bits per heavy atom. The largest absolute Gasteiger partial charge is 0.478 e. The minimum atomic E-state index is -0.972. The second-order valence-corrected chi connectivity index (χ2v) is 10.3. The molecule has 5 rings (SSSR count). The molecule has 40 heavy (non-hydrogen) atoms. The SMILES string of the molecule is Cc1ccccc1NC(=O)CCN1C(=S)N[C@H](c2ccccn2)[C@@H]1c1cc(C)n(-c2cccc(C(=O)O)c2)c1C. The van der Waals surface area contributed by atoms with E-state index < -0.39 is 5.97 Å². The summed E-state index contributed by atoms with van der Waals surface area (Å²) >= 11 is 5.80. The fourth-order valence-electron chi connectivity index (χ4n) is 5.40. The first kappa shape index (κ1) is 27.1. The number of carboxylic acid groups (broad SMARTS) is 1. The Hall–Kier alpha value is -4.50. The van der Waals surface area contributed by atoms with Crippen molar-refractivity contribution in [2.45, 2.75) is 39.3 Å². The van der Waals surface area contributed by atoms with Gasteiger partial charge in [-0.2, -0.15) is 0 Å². The van der Waals surface area contributed by atoms with Crippen LogP contribution in [0, 0.1) is 20.8 Å². The second-order valence-electron chi connectivity index (χ2n) is 9.95. The van der Waals surface area contributed by atoms with E-state index in [1.54, 1.807) is 24.4 Å². The molecule has 1 aliphatic rings. The number of thiocarbonyl (C=S) groups is 1. The fraction of sp³-hybridized carbons (Fsp3) is 0.226. The molecule has 3 heterocycles. The first-order valence-corrected chi connectivity index (χ1v) is 13.5. The molecule has 0 saturated carbocycles. The number of nitrogens with zero attached hydrogens (tertiary/aromatic N) is 3. The molecule has 1 aliphatic heterocycles. The summed E-state index contributed by atoms with van der Waals surface area (Å²) < 4.78 is 2.06. The first-order chi connectivity index (χ1) is 19.2. The van der Waals surface area contributed by atoms with Crippen LogP contribution in [0.5, 0.6) is 0 Å². The molecular formula is C31H31N5O3S. The van der Waals surface area contributed by atoms with Crippen LogP contribution in [0.25, 0.3) is 5.69 Å². The Labute approximate surface area is 238 Å². The highest BCUT2D eigenvalue weighted by Gasteiger charge is 2.41. The van der Waals surface area contributed by atoms with Gasteiger partial charge in [0.2, 0.25) is 5.91 Å². The van der Waals surface area contributed by atoms with Crippen LogP contribution in [-0.2, 0) is 4.79 Å². The maximum Gasteiger partial charge on any atom is 0.335 e. The van der Waals surface area contributed by atoms with Gasteiger partial charge in [0.15, 0.2) is 5.11 Å². The van der Waals surface area contributed by atoms with E-state index in [0.717, 1.165) is 39.6 Å². The normalized spacial score (nSPS) is 16.6. The molecule has 2 atom stereocenters. The molecule has 8 nitrogen and oxygen atoms in total. The van der Waals surface area contributed by atoms with Gasteiger partial charge in [0.05, 0.1) is 23.3 Å². The monoisotopic (exact) mass is 553 g/mol. The van der Waals surface area contributed by atoms with Crippen LogP contribution < -0.4 is 10.6 Å². The zero-order valence-electron chi connectivity index (χ0n) is 22.6. The van der Waals surface area contributed by atoms with Gasteiger partial charge in [-0.3, -0.25) is 9.78 Å². The quantitative estimate of drug-likeness (QED) is 0.248. The molecule has 1 saturated heterocycles. The van der Waals surface area contributed by atoms with Crippen LogP contribution in [0.3, 0.4) is 0 Å². The van der Waals surface area contributed by atoms with Crippen LogP contribution in [0.1, 0.15) is 57.1 Å². The summed E-state index contributed by atoms with van der Waals surface area (Å²) in [6, 6.07) is 22.1. The highest BCUT2D eigenvalue weighted by Crippen LogP contribution is 2.41. The van der Waals surface area contributed by atoms with Gasteiger partial charge in [0.1, 0.15) is 0 Å². The highest BCUT2D eigenvalue weighted by molar-refractivity contribution is 7.80. The van der Waals surface area contributed by atoms with E-state index in [2.05, 4.69) is 31.2 Å². The fourth-order valence-corrected chi connectivity index (χ4v) is 5.73. The summed E-state index contributed by atoms with van der Waals surface area (Å²) in [5.74, 6) is -1.06. The van der Waals surface area contributed by atoms with Crippen molar-refractivity contribution >= 4 is 34.9 Å². The van der Waals surface area contributed by atoms with Crippen molar-refractivity contribution in [1.82, 2.24) is 19.8 Å². The molecule has 1 fully saturated rings. The Morgan fingerprint density at radius 1 is 1.02 bits per heavy atom. The van der Waals surface area contributed by atoms with Gasteiger partial charge >= 0.3 is 5.97 Å². The van der Waals surface area contributed by atoms with E-state index in [1.807, 2.05) is 69.3 Å². The van der Waals surface area contributed by atoms with Crippen LogP contribution in [0.4, 0.5) is 5.69 Å². The Balaban J connectivity index is 1.49. The lowest BCUT2D eigenvalue weighted by molar-refractivity contribution is -0.116. The molecular weight excluding hydrogens is 522 g/mol. The first-order valence-electron chi connectivity index (χ1n) is 13.1. The minimum absolute atomic E-state index is 0.0897. The van der Waals surface area contributed by atoms with Crippen LogP contribution in [-0.4, -0.2) is 43.1 Å². The lowest BCUT2D eigenvalue weighted by Gasteiger charge is -2.28. The number of carbonyl (C=O) groups is 2. The molecule has 0 spiro atoms. The number of benzene rings is 2. The van der Waals surface area contributed by atoms with Gasteiger partial charge in [-0.15, -0.1) is 0 Å². The van der Waals surface area contributed by atoms with Crippen molar-refractivity contribution in [2.24, 2.45) is 0 Å². The molecule has 0 unspecified atom stereocenters. The van der Waals surface area contributed by atoms with Gasteiger partial charge in [-0.25, -0.2) is 4.79 Å². The van der Waals surface area contributed by atoms with Gasteiger partial charge in [0.25, 0.3) is 0 Å². The summed E-state index contributed by atoms with van der Waals surface area (Å²) in [5.41, 5.74) is 6.60. The number of nitrogens with one attached hydrogen (secondary N) is 2. The highest BCUT2D eigenvalue weighted by atomic mass is 32.1. The van der Waals surface area contributed by atoms with Gasteiger partial charge in [0, 0.05) is 41.9 Å². The molecule has 1 amide bonds. The lowest BCUT2D eigenvalue weighted by atomic mass is 9.96. The molecule has 2 aromatic heterocycles. The van der Waals surface area contributed by atoms with Crippen LogP contribution >= 0.6 is 12.2 Å². The third kappa shape index (κ3) is 5.33. The zero-order chi connectivity index (χ0) is 28.4. The number of aryl methyl sites for hydroxylation is 2. The van der Waals surface area contributed by atoms with Gasteiger partial charge < -0.3 is 25.2 Å². The van der Waals surface area contributed by atoms with Crippen molar-refractivity contribution in [3.05, 3.63) is 113 Å². The molecule has 3 N–H and O–H groups in total. The molecule has 0 aliphatic carbocycles. The van der Waals surface area contributed by atoms with E-state index in [1.165, 1.54) is 0 Å². The zero-order valence-corrected chi connectivity index (χ0v) is 23.4. The standard InChI is InChI=1S/C31H31N5O3S/c1-19-9-4-5-12-25(19)33-27(37)14-16-35-29(28(34-31(35)40)26-13-6-7-15-32-26)24-17-20(2)36(21(24)3)23-11-8-10-22(18-23)30(38)39/h4-13,15,17-18,28-29H,14,16H2,1-3H3,(H,33,37)(H,34,40)(H,38,39)/t28-,29+/m1/s1. The lowest BCUT2D eigenvalue weighted by Crippen LogP contribution is -2.33. The number of para-hydroxylation sites is 1.